The van der Waals surface area contributed by atoms with E-state index in [1.165, 1.54) is 16.4 Å². The first kappa shape index (κ1) is 16.7. The summed E-state index contributed by atoms with van der Waals surface area (Å²) in [6, 6.07) is 6.78. The maximum absolute atomic E-state index is 10.8. The zero-order valence-electron chi connectivity index (χ0n) is 12.4. The molecule has 1 heterocycles. The highest BCUT2D eigenvalue weighted by atomic mass is 32.2. The van der Waals surface area contributed by atoms with E-state index >= 15 is 0 Å². The monoisotopic (exact) mass is 338 g/mol. The molecule has 22 heavy (non-hydrogen) atoms. The number of aromatic nitrogens is 3. The van der Waals surface area contributed by atoms with Crippen molar-refractivity contribution in [1.82, 2.24) is 14.9 Å². The Hall–Kier alpha value is -1.67. The zero-order valence-corrected chi connectivity index (χ0v) is 14.0. The van der Waals surface area contributed by atoms with Crippen molar-refractivity contribution in [3.8, 4) is 0 Å². The van der Waals surface area contributed by atoms with Crippen LogP contribution in [0.15, 0.2) is 29.4 Å². The van der Waals surface area contributed by atoms with Crippen LogP contribution in [0.2, 0.25) is 0 Å². The lowest BCUT2D eigenvalue weighted by Crippen LogP contribution is -2.13. The number of hydrogen-bond acceptors (Lipinski definition) is 6. The Morgan fingerprint density at radius 1 is 1.27 bits per heavy atom. The van der Waals surface area contributed by atoms with Crippen molar-refractivity contribution >= 4 is 29.5 Å². The van der Waals surface area contributed by atoms with Gasteiger partial charge in [0.1, 0.15) is 0 Å². The number of carboxylic acid groups (broad SMARTS) is 1. The average molecular weight is 338 g/mol. The fraction of sp³-hybridized carbons (Fsp3) is 0.357. The highest BCUT2D eigenvalue weighted by Gasteiger charge is 2.11. The van der Waals surface area contributed by atoms with Crippen LogP contribution in [0.5, 0.6) is 0 Å². The highest BCUT2D eigenvalue weighted by molar-refractivity contribution is 7.99. The summed E-state index contributed by atoms with van der Waals surface area (Å²) in [5.41, 5.74) is 1.29. The Labute approximate surface area is 137 Å². The van der Waals surface area contributed by atoms with E-state index in [-0.39, 0.29) is 5.56 Å². The molecular weight excluding hydrogens is 320 g/mol. The highest BCUT2D eigenvalue weighted by Crippen LogP contribution is 2.22. The van der Waals surface area contributed by atoms with E-state index in [1.54, 1.807) is 36.0 Å². The molecule has 3 N–H and O–H groups in total. The molecule has 0 aliphatic rings. The van der Waals surface area contributed by atoms with Crippen molar-refractivity contribution < 1.29 is 9.90 Å². The molecule has 0 radical (unpaired) electrons. The van der Waals surface area contributed by atoms with Gasteiger partial charge in [0, 0.05) is 5.75 Å². The first-order valence-electron chi connectivity index (χ1n) is 6.73. The Morgan fingerprint density at radius 3 is 2.55 bits per heavy atom. The summed E-state index contributed by atoms with van der Waals surface area (Å²) in [6.45, 7) is 4.25. The van der Waals surface area contributed by atoms with Gasteiger partial charge in [0.2, 0.25) is 5.16 Å². The molecule has 0 amide bonds. The molecule has 1 aromatic heterocycles. The number of benzene rings is 1. The lowest BCUT2D eigenvalue weighted by atomic mass is 10.1. The van der Waals surface area contributed by atoms with E-state index in [0.29, 0.717) is 16.2 Å². The van der Waals surface area contributed by atoms with Crippen LogP contribution >= 0.6 is 23.5 Å². The van der Waals surface area contributed by atoms with Crippen molar-refractivity contribution in [2.75, 3.05) is 5.84 Å². The van der Waals surface area contributed by atoms with Gasteiger partial charge in [-0.1, -0.05) is 37.7 Å². The maximum atomic E-state index is 10.8. The summed E-state index contributed by atoms with van der Waals surface area (Å²) in [6.07, 6.45) is 0. The molecule has 118 valence electrons. The van der Waals surface area contributed by atoms with Crippen LogP contribution in [0.25, 0.3) is 0 Å². The standard InChI is InChI=1S/C14H18N4O2S2/c1-9(2)21-8-12-16-17-14(18(12)15)22-7-10-3-5-11(6-4-10)13(19)20/h3-6,9H,7-8,15H2,1-2H3,(H,19,20). The zero-order chi connectivity index (χ0) is 16.1. The molecule has 0 saturated heterocycles. The van der Waals surface area contributed by atoms with Crippen LogP contribution < -0.4 is 5.84 Å². The van der Waals surface area contributed by atoms with Crippen molar-refractivity contribution in [3.05, 3.63) is 41.2 Å². The van der Waals surface area contributed by atoms with E-state index in [0.717, 1.165) is 17.1 Å². The van der Waals surface area contributed by atoms with Gasteiger partial charge in [-0.2, -0.15) is 11.8 Å². The Kier molecular flexibility index (Phi) is 5.73. The van der Waals surface area contributed by atoms with Gasteiger partial charge in [0.05, 0.1) is 11.3 Å². The molecule has 0 saturated carbocycles. The molecule has 2 rings (SSSR count). The molecule has 0 spiro atoms. The maximum Gasteiger partial charge on any atom is 0.335 e. The number of carboxylic acids is 1. The van der Waals surface area contributed by atoms with Crippen molar-refractivity contribution in [3.63, 3.8) is 0 Å². The fourth-order valence-corrected chi connectivity index (χ4v) is 3.15. The number of hydrogen-bond donors (Lipinski definition) is 2. The smallest absolute Gasteiger partial charge is 0.335 e. The van der Waals surface area contributed by atoms with Crippen LogP contribution in [0.3, 0.4) is 0 Å². The van der Waals surface area contributed by atoms with Crippen molar-refractivity contribution in [2.24, 2.45) is 0 Å². The molecule has 8 heteroatoms. The number of thioether (sulfide) groups is 2. The summed E-state index contributed by atoms with van der Waals surface area (Å²) in [5.74, 6) is 7.22. The summed E-state index contributed by atoms with van der Waals surface area (Å²) >= 11 is 3.24. The molecule has 0 fully saturated rings. The number of nitrogens with two attached hydrogens (primary N) is 1. The van der Waals surface area contributed by atoms with Gasteiger partial charge >= 0.3 is 5.97 Å². The third-order valence-electron chi connectivity index (χ3n) is 2.85. The second-order valence-corrected chi connectivity index (χ2v) is 7.43. The molecule has 1 aromatic carbocycles. The summed E-state index contributed by atoms with van der Waals surface area (Å²) in [5, 5.41) is 18.2. The largest absolute Gasteiger partial charge is 0.478 e. The van der Waals surface area contributed by atoms with E-state index in [1.807, 2.05) is 0 Å². The molecule has 0 aliphatic heterocycles. The van der Waals surface area contributed by atoms with Gasteiger partial charge in [-0.25, -0.2) is 9.47 Å². The summed E-state index contributed by atoms with van der Waals surface area (Å²) in [7, 11) is 0. The summed E-state index contributed by atoms with van der Waals surface area (Å²) < 4.78 is 1.52. The van der Waals surface area contributed by atoms with Gasteiger partial charge in [0.25, 0.3) is 0 Å². The first-order valence-corrected chi connectivity index (χ1v) is 8.77. The second kappa shape index (κ2) is 7.55. The minimum absolute atomic E-state index is 0.281. The Balaban J connectivity index is 1.95. The number of nitrogen functional groups attached to an aromatic ring is 1. The first-order chi connectivity index (χ1) is 10.5. The van der Waals surface area contributed by atoms with E-state index in [2.05, 4.69) is 24.0 Å². The predicted molar refractivity (Wildman–Crippen MR) is 89.6 cm³/mol. The molecular formula is C14H18N4O2S2. The number of aromatic carboxylic acids is 1. The molecule has 0 bridgehead atoms. The normalized spacial score (nSPS) is 11.0. The lowest BCUT2D eigenvalue weighted by molar-refractivity contribution is 0.0697. The van der Waals surface area contributed by atoms with Crippen LogP contribution in [0.4, 0.5) is 0 Å². The summed E-state index contributed by atoms with van der Waals surface area (Å²) in [4.78, 5) is 10.8. The number of rotatable bonds is 7. The third kappa shape index (κ3) is 4.41. The van der Waals surface area contributed by atoms with Crippen LogP contribution in [0, 0.1) is 0 Å². The second-order valence-electron chi connectivity index (χ2n) is 4.92. The molecule has 6 nitrogen and oxygen atoms in total. The van der Waals surface area contributed by atoms with Crippen LogP contribution in [-0.2, 0) is 11.5 Å². The Morgan fingerprint density at radius 2 is 1.95 bits per heavy atom. The predicted octanol–water partition coefficient (Wildman–Crippen LogP) is 2.62. The average Bonchev–Trinajstić information content (AvgIpc) is 2.84. The van der Waals surface area contributed by atoms with Gasteiger partial charge in [-0.3, -0.25) is 0 Å². The van der Waals surface area contributed by atoms with Gasteiger partial charge in [0.15, 0.2) is 5.82 Å². The topological polar surface area (TPSA) is 94.0 Å². The van der Waals surface area contributed by atoms with E-state index in [4.69, 9.17) is 10.9 Å². The quantitative estimate of drug-likeness (QED) is 0.592. The Bertz CT molecular complexity index is 641. The van der Waals surface area contributed by atoms with Crippen molar-refractivity contribution in [1.29, 1.82) is 0 Å². The molecule has 0 atom stereocenters. The minimum atomic E-state index is -0.923. The third-order valence-corrected chi connectivity index (χ3v) is 4.96. The van der Waals surface area contributed by atoms with Gasteiger partial charge in [-0.05, 0) is 22.9 Å². The van der Waals surface area contributed by atoms with Gasteiger partial charge < -0.3 is 10.9 Å². The van der Waals surface area contributed by atoms with E-state index < -0.39 is 5.97 Å². The lowest BCUT2D eigenvalue weighted by Gasteiger charge is -2.05. The molecule has 0 aliphatic carbocycles. The van der Waals surface area contributed by atoms with Gasteiger partial charge in [-0.15, -0.1) is 10.2 Å². The van der Waals surface area contributed by atoms with Crippen LogP contribution in [-0.4, -0.2) is 31.2 Å². The number of nitrogens with zero attached hydrogens (tertiary/aromatic N) is 3. The molecule has 0 unspecified atom stereocenters. The fourth-order valence-electron chi connectivity index (χ4n) is 1.64. The molecule has 2 aromatic rings. The van der Waals surface area contributed by atoms with E-state index in [9.17, 15) is 4.79 Å². The van der Waals surface area contributed by atoms with Crippen molar-refractivity contribution in [2.45, 2.75) is 35.8 Å². The number of carbonyl (C=O) groups is 1. The van der Waals surface area contributed by atoms with Crippen LogP contribution in [0.1, 0.15) is 35.6 Å². The minimum Gasteiger partial charge on any atom is -0.478 e. The SMILES string of the molecule is CC(C)SCc1nnc(SCc2ccc(C(=O)O)cc2)n1N.